The van der Waals surface area contributed by atoms with E-state index >= 15 is 0 Å². The lowest BCUT2D eigenvalue weighted by molar-refractivity contribution is 0.00222. The van der Waals surface area contributed by atoms with Crippen LogP contribution >= 0.6 is 0 Å². The largest absolute Gasteiger partial charge is 0.481 e. The molecule has 0 aromatic carbocycles. The zero-order valence-electron chi connectivity index (χ0n) is 12.2. The first-order valence-electron chi connectivity index (χ1n) is 7.19. The van der Waals surface area contributed by atoms with Crippen LogP contribution in [0.2, 0.25) is 0 Å². The summed E-state index contributed by atoms with van der Waals surface area (Å²) >= 11 is 0. The number of nitrogens with one attached hydrogen (secondary N) is 1. The van der Waals surface area contributed by atoms with E-state index in [0.29, 0.717) is 18.2 Å². The molecule has 112 valence electrons. The number of aliphatic hydroxyl groups is 1. The van der Waals surface area contributed by atoms with Gasteiger partial charge in [-0.2, -0.15) is 9.97 Å². The molecule has 1 fully saturated rings. The van der Waals surface area contributed by atoms with Crippen molar-refractivity contribution in [2.75, 3.05) is 24.7 Å². The van der Waals surface area contributed by atoms with Gasteiger partial charge in [0.25, 0.3) is 0 Å². The van der Waals surface area contributed by atoms with Crippen molar-refractivity contribution in [2.45, 2.75) is 44.6 Å². The maximum absolute atomic E-state index is 10.6. The molecule has 1 aromatic rings. The van der Waals surface area contributed by atoms with Crippen LogP contribution in [-0.2, 0) is 0 Å². The fourth-order valence-corrected chi connectivity index (χ4v) is 2.69. The van der Waals surface area contributed by atoms with E-state index in [2.05, 4.69) is 22.2 Å². The molecular formula is C14H24N4O2. The average Bonchev–Trinajstić information content (AvgIpc) is 2.45. The third kappa shape index (κ3) is 3.72. The van der Waals surface area contributed by atoms with Crippen LogP contribution in [0, 0.1) is 5.92 Å². The Morgan fingerprint density at radius 1 is 1.45 bits per heavy atom. The highest BCUT2D eigenvalue weighted by atomic mass is 16.5. The zero-order chi connectivity index (χ0) is 14.6. The Morgan fingerprint density at radius 3 is 2.75 bits per heavy atom. The number of ether oxygens (including phenoxy) is 1. The van der Waals surface area contributed by atoms with Crippen molar-refractivity contribution in [3.05, 3.63) is 6.07 Å². The predicted molar refractivity (Wildman–Crippen MR) is 78.7 cm³/mol. The number of nitrogen functional groups attached to an aromatic ring is 1. The summed E-state index contributed by atoms with van der Waals surface area (Å²) in [4.78, 5) is 8.02. The van der Waals surface area contributed by atoms with E-state index in [1.807, 2.05) is 0 Å². The lowest BCUT2D eigenvalue weighted by Crippen LogP contribution is -2.40. The van der Waals surface area contributed by atoms with Crippen molar-refractivity contribution in [1.82, 2.24) is 9.97 Å². The molecule has 0 unspecified atom stereocenters. The summed E-state index contributed by atoms with van der Waals surface area (Å²) in [6.07, 6.45) is 5.03. The Morgan fingerprint density at radius 2 is 2.15 bits per heavy atom. The Hall–Kier alpha value is -1.56. The van der Waals surface area contributed by atoms with E-state index in [-0.39, 0.29) is 5.95 Å². The third-order valence-electron chi connectivity index (χ3n) is 4.14. The molecule has 0 spiro atoms. The van der Waals surface area contributed by atoms with Crippen LogP contribution in [0.4, 0.5) is 11.8 Å². The predicted octanol–water partition coefficient (Wildman–Crippen LogP) is 1.81. The van der Waals surface area contributed by atoms with Gasteiger partial charge in [0.05, 0.1) is 12.7 Å². The maximum Gasteiger partial charge on any atom is 0.225 e. The molecule has 4 N–H and O–H groups in total. The number of anilines is 2. The Bertz CT molecular complexity index is 445. The molecular weight excluding hydrogens is 256 g/mol. The first kappa shape index (κ1) is 14.8. The molecule has 1 saturated carbocycles. The maximum atomic E-state index is 10.6. The summed E-state index contributed by atoms with van der Waals surface area (Å²) < 4.78 is 5.05. The molecule has 2 rings (SSSR count). The lowest BCUT2D eigenvalue weighted by Gasteiger charge is -2.36. The van der Waals surface area contributed by atoms with Crippen molar-refractivity contribution < 1.29 is 9.84 Å². The molecule has 0 bridgehead atoms. The molecule has 1 aromatic heterocycles. The molecule has 0 amide bonds. The lowest BCUT2D eigenvalue weighted by atomic mass is 9.78. The fourth-order valence-electron chi connectivity index (χ4n) is 2.69. The smallest absolute Gasteiger partial charge is 0.225 e. The van der Waals surface area contributed by atoms with Crippen molar-refractivity contribution in [1.29, 1.82) is 0 Å². The number of hydrogen-bond donors (Lipinski definition) is 3. The first-order valence-corrected chi connectivity index (χ1v) is 7.19. The second kappa shape index (κ2) is 6.26. The number of rotatable bonds is 5. The standard InChI is InChI=1S/C14H24N4O2/c1-3-10-4-6-14(19,7-5-10)9-16-11-8-12(20-2)18-13(15)17-11/h8,10,19H,3-7,9H2,1-2H3,(H3,15,16,17,18). The molecule has 20 heavy (non-hydrogen) atoms. The van der Waals surface area contributed by atoms with E-state index < -0.39 is 5.60 Å². The number of nitrogens with two attached hydrogens (primary N) is 1. The van der Waals surface area contributed by atoms with Gasteiger partial charge < -0.3 is 20.9 Å². The van der Waals surface area contributed by atoms with Gasteiger partial charge in [-0.15, -0.1) is 0 Å². The summed E-state index contributed by atoms with van der Waals surface area (Å²) in [6, 6.07) is 1.68. The molecule has 6 heteroatoms. The highest BCUT2D eigenvalue weighted by Gasteiger charge is 2.32. The normalized spacial score (nSPS) is 26.2. The molecule has 1 aliphatic rings. The minimum atomic E-state index is -0.654. The van der Waals surface area contributed by atoms with Crippen LogP contribution in [0.25, 0.3) is 0 Å². The minimum absolute atomic E-state index is 0.161. The summed E-state index contributed by atoms with van der Waals surface area (Å²) in [5.41, 5.74) is 4.95. The summed E-state index contributed by atoms with van der Waals surface area (Å²) in [6.45, 7) is 2.69. The Balaban J connectivity index is 1.93. The molecule has 6 nitrogen and oxygen atoms in total. The first-order chi connectivity index (χ1) is 9.54. The molecule has 0 aliphatic heterocycles. The van der Waals surface area contributed by atoms with Crippen LogP contribution in [-0.4, -0.2) is 34.3 Å². The van der Waals surface area contributed by atoms with E-state index in [4.69, 9.17) is 10.5 Å². The third-order valence-corrected chi connectivity index (χ3v) is 4.14. The Labute approximate surface area is 119 Å². The summed E-state index contributed by atoms with van der Waals surface area (Å²) in [5.74, 6) is 1.92. The van der Waals surface area contributed by atoms with Gasteiger partial charge in [0, 0.05) is 12.6 Å². The van der Waals surface area contributed by atoms with Crippen LogP contribution in [0.1, 0.15) is 39.0 Å². The van der Waals surface area contributed by atoms with Gasteiger partial charge in [-0.25, -0.2) is 0 Å². The fraction of sp³-hybridized carbons (Fsp3) is 0.714. The molecule has 0 atom stereocenters. The Kier molecular flexibility index (Phi) is 4.65. The van der Waals surface area contributed by atoms with Crippen molar-refractivity contribution in [2.24, 2.45) is 5.92 Å². The minimum Gasteiger partial charge on any atom is -0.481 e. The zero-order valence-corrected chi connectivity index (χ0v) is 12.2. The molecule has 0 radical (unpaired) electrons. The number of methoxy groups -OCH3 is 1. The van der Waals surface area contributed by atoms with Crippen molar-refractivity contribution in [3.63, 3.8) is 0 Å². The summed E-state index contributed by atoms with van der Waals surface area (Å²) in [5, 5.41) is 13.7. The van der Waals surface area contributed by atoms with Gasteiger partial charge in [0.2, 0.25) is 11.8 Å². The SMILES string of the molecule is CCC1CCC(O)(CNc2cc(OC)nc(N)n2)CC1. The monoisotopic (exact) mass is 280 g/mol. The topological polar surface area (TPSA) is 93.3 Å². The van der Waals surface area contributed by atoms with Crippen molar-refractivity contribution >= 4 is 11.8 Å². The summed E-state index contributed by atoms with van der Waals surface area (Å²) in [7, 11) is 1.53. The van der Waals surface area contributed by atoms with E-state index in [0.717, 1.165) is 31.6 Å². The van der Waals surface area contributed by atoms with Crippen LogP contribution in [0.15, 0.2) is 6.07 Å². The van der Waals surface area contributed by atoms with Gasteiger partial charge in [-0.05, 0) is 31.6 Å². The second-order valence-corrected chi connectivity index (χ2v) is 5.58. The van der Waals surface area contributed by atoms with Gasteiger partial charge >= 0.3 is 0 Å². The molecule has 1 aliphatic carbocycles. The van der Waals surface area contributed by atoms with Gasteiger partial charge in [0.1, 0.15) is 5.82 Å². The van der Waals surface area contributed by atoms with Crippen LogP contribution in [0.5, 0.6) is 5.88 Å². The average molecular weight is 280 g/mol. The van der Waals surface area contributed by atoms with Gasteiger partial charge in [-0.3, -0.25) is 0 Å². The number of nitrogens with zero attached hydrogens (tertiary/aromatic N) is 2. The number of aromatic nitrogens is 2. The highest BCUT2D eigenvalue weighted by molar-refractivity contribution is 5.43. The molecule has 0 saturated heterocycles. The van der Waals surface area contributed by atoms with Gasteiger partial charge in [0.15, 0.2) is 0 Å². The van der Waals surface area contributed by atoms with Gasteiger partial charge in [-0.1, -0.05) is 13.3 Å². The van der Waals surface area contributed by atoms with E-state index in [1.54, 1.807) is 6.07 Å². The van der Waals surface area contributed by atoms with Crippen molar-refractivity contribution in [3.8, 4) is 5.88 Å². The van der Waals surface area contributed by atoms with E-state index in [1.165, 1.54) is 13.5 Å². The van der Waals surface area contributed by atoms with Crippen LogP contribution < -0.4 is 15.8 Å². The van der Waals surface area contributed by atoms with E-state index in [9.17, 15) is 5.11 Å². The quantitative estimate of drug-likeness (QED) is 0.761. The highest BCUT2D eigenvalue weighted by Crippen LogP contribution is 2.33. The second-order valence-electron chi connectivity index (χ2n) is 5.58. The number of hydrogen-bond acceptors (Lipinski definition) is 6. The van der Waals surface area contributed by atoms with Crippen LogP contribution in [0.3, 0.4) is 0 Å². The molecule has 1 heterocycles.